The van der Waals surface area contributed by atoms with Crippen LogP contribution in [0, 0.1) is 0 Å². The Kier molecular flexibility index (Phi) is 5.84. The average Bonchev–Trinajstić information content (AvgIpc) is 2.04. The van der Waals surface area contributed by atoms with Crippen LogP contribution in [0.1, 0.15) is 24.2 Å². The zero-order valence-corrected chi connectivity index (χ0v) is 7.65. The van der Waals surface area contributed by atoms with Gasteiger partial charge in [0.15, 0.2) is 0 Å². The molecule has 0 aliphatic carbocycles. The third-order valence-corrected chi connectivity index (χ3v) is 1.45. The van der Waals surface area contributed by atoms with E-state index in [1.54, 1.807) is 13.8 Å². The summed E-state index contributed by atoms with van der Waals surface area (Å²) in [5, 5.41) is 8.97. The molecule has 1 N–H and O–H groups in total. The first kappa shape index (κ1) is 13.5. The van der Waals surface area contributed by atoms with Gasteiger partial charge in [0.2, 0.25) is 0 Å². The van der Waals surface area contributed by atoms with Crippen LogP contribution in [0.3, 0.4) is 0 Å². The van der Waals surface area contributed by atoms with E-state index in [1.165, 1.54) is 24.3 Å². The fraction of sp³-hybridized carbons (Fsp3) is 0.300. The zero-order chi connectivity index (χ0) is 9.84. The van der Waals surface area contributed by atoms with E-state index in [1.807, 2.05) is 0 Å². The Morgan fingerprint density at radius 2 is 1.79 bits per heavy atom. The Labute approximate surface area is 105 Å². The topological polar surface area (TPSA) is 46.5 Å². The first-order valence-corrected chi connectivity index (χ1v) is 4.09. The van der Waals surface area contributed by atoms with Gasteiger partial charge in [0.1, 0.15) is 5.75 Å². The molecule has 0 aliphatic heterocycles. The van der Waals surface area contributed by atoms with Crippen LogP contribution in [0.4, 0.5) is 0 Å². The van der Waals surface area contributed by atoms with Crippen LogP contribution in [-0.2, 0) is 4.74 Å². The molecule has 14 heavy (non-hydrogen) atoms. The summed E-state index contributed by atoms with van der Waals surface area (Å²) in [5.41, 5.74) is 0.450. The van der Waals surface area contributed by atoms with Gasteiger partial charge < -0.3 is 9.84 Å². The third kappa shape index (κ3) is 4.13. The number of hydrogen-bond acceptors (Lipinski definition) is 3. The van der Waals surface area contributed by atoms with Gasteiger partial charge >= 0.3 is 35.5 Å². The van der Waals surface area contributed by atoms with Crippen molar-refractivity contribution < 1.29 is 14.6 Å². The number of aromatic hydroxyl groups is 1. The van der Waals surface area contributed by atoms with Gasteiger partial charge in [-0.1, -0.05) is 0 Å². The number of esters is 1. The predicted molar refractivity (Wildman–Crippen MR) is 55.8 cm³/mol. The summed E-state index contributed by atoms with van der Waals surface area (Å²) in [6.45, 7) is 3.58. The van der Waals surface area contributed by atoms with Crippen LogP contribution in [0.25, 0.3) is 0 Å². The van der Waals surface area contributed by atoms with Gasteiger partial charge in [-0.15, -0.1) is 0 Å². The number of benzene rings is 1. The minimum atomic E-state index is -0.366. The Morgan fingerprint density at radius 1 is 1.29 bits per heavy atom. The number of phenols is 1. The van der Waals surface area contributed by atoms with Crippen LogP contribution in [0.5, 0.6) is 5.75 Å². The number of rotatable bonds is 2. The predicted octanol–water partition coefficient (Wildman–Crippen LogP) is 1.31. The van der Waals surface area contributed by atoms with E-state index in [0.717, 1.165) is 0 Å². The maximum absolute atomic E-state index is 11.3. The molecule has 0 saturated carbocycles. The quantitative estimate of drug-likeness (QED) is 0.583. The third-order valence-electron chi connectivity index (χ3n) is 1.45. The van der Waals surface area contributed by atoms with Crippen molar-refractivity contribution >= 4 is 35.5 Å². The molecule has 0 saturated heterocycles. The second-order valence-corrected chi connectivity index (χ2v) is 3.00. The molecule has 72 valence electrons. The molecule has 0 heterocycles. The minimum absolute atomic E-state index is 0. The Bertz CT molecular complexity index is 293. The second kappa shape index (κ2) is 6.06. The van der Waals surface area contributed by atoms with Gasteiger partial charge in [0.25, 0.3) is 0 Å². The van der Waals surface area contributed by atoms with Crippen molar-refractivity contribution in [2.45, 2.75) is 20.0 Å². The molecule has 1 aromatic carbocycles. The first-order valence-electron chi connectivity index (χ1n) is 4.09. The fourth-order valence-corrected chi connectivity index (χ4v) is 0.880. The summed E-state index contributed by atoms with van der Waals surface area (Å²) in [6, 6.07) is 5.97. The van der Waals surface area contributed by atoms with Crippen LogP contribution >= 0.6 is 0 Å². The van der Waals surface area contributed by atoms with Crippen molar-refractivity contribution in [1.29, 1.82) is 0 Å². The molecule has 3 nitrogen and oxygen atoms in total. The van der Waals surface area contributed by atoms with Crippen molar-refractivity contribution in [3.05, 3.63) is 29.8 Å². The number of carbonyl (C=O) groups excluding carboxylic acids is 1. The van der Waals surface area contributed by atoms with E-state index in [0.29, 0.717) is 5.56 Å². The van der Waals surface area contributed by atoms with Crippen molar-refractivity contribution in [1.82, 2.24) is 0 Å². The van der Waals surface area contributed by atoms with Gasteiger partial charge in [-0.25, -0.2) is 4.79 Å². The molecule has 0 spiro atoms. The standard InChI is InChI=1S/C10H12O3.Na.H/c1-7(2)13-10(12)8-3-5-9(11)6-4-8;;/h3-7,11H,1-2H3;;. The molecule has 4 heteroatoms. The van der Waals surface area contributed by atoms with Crippen LogP contribution in [0.15, 0.2) is 24.3 Å². The van der Waals surface area contributed by atoms with E-state index in [4.69, 9.17) is 9.84 Å². The van der Waals surface area contributed by atoms with Gasteiger partial charge in [-0.3, -0.25) is 0 Å². The fourth-order valence-electron chi connectivity index (χ4n) is 0.880. The monoisotopic (exact) mass is 204 g/mol. The van der Waals surface area contributed by atoms with Crippen LogP contribution < -0.4 is 0 Å². The van der Waals surface area contributed by atoms with Crippen molar-refractivity contribution in [3.8, 4) is 5.75 Å². The number of carbonyl (C=O) groups is 1. The molecule has 0 fully saturated rings. The van der Waals surface area contributed by atoms with Crippen molar-refractivity contribution in [2.24, 2.45) is 0 Å². The maximum atomic E-state index is 11.3. The molecular weight excluding hydrogens is 191 g/mol. The molecule has 0 amide bonds. The Hall–Kier alpha value is -0.510. The van der Waals surface area contributed by atoms with Crippen LogP contribution in [0.2, 0.25) is 0 Å². The van der Waals surface area contributed by atoms with Crippen molar-refractivity contribution in [3.63, 3.8) is 0 Å². The molecule has 0 aromatic heterocycles. The molecular formula is C10H13NaO3. The summed E-state index contributed by atoms with van der Waals surface area (Å²) >= 11 is 0. The van der Waals surface area contributed by atoms with E-state index in [-0.39, 0.29) is 47.4 Å². The average molecular weight is 204 g/mol. The van der Waals surface area contributed by atoms with Gasteiger partial charge in [0.05, 0.1) is 11.7 Å². The molecule has 0 unspecified atom stereocenters. The molecule has 0 radical (unpaired) electrons. The van der Waals surface area contributed by atoms with Gasteiger partial charge in [0, 0.05) is 0 Å². The SMILES string of the molecule is CC(C)OC(=O)c1ccc(O)cc1.[NaH]. The molecule has 0 atom stereocenters. The Morgan fingerprint density at radius 3 is 2.21 bits per heavy atom. The van der Waals surface area contributed by atoms with Gasteiger partial charge in [-0.05, 0) is 38.1 Å². The molecule has 1 aromatic rings. The van der Waals surface area contributed by atoms with Crippen molar-refractivity contribution in [2.75, 3.05) is 0 Å². The molecule has 0 bridgehead atoms. The summed E-state index contributed by atoms with van der Waals surface area (Å²) in [5.74, 6) is -0.226. The summed E-state index contributed by atoms with van der Waals surface area (Å²) < 4.78 is 4.96. The Balaban J connectivity index is 0.00000169. The van der Waals surface area contributed by atoms with Crippen LogP contribution in [-0.4, -0.2) is 46.7 Å². The van der Waals surface area contributed by atoms with E-state index in [9.17, 15) is 4.79 Å². The normalized spacial score (nSPS) is 9.36. The zero-order valence-electron chi connectivity index (χ0n) is 7.65. The second-order valence-electron chi connectivity index (χ2n) is 3.00. The van der Waals surface area contributed by atoms with E-state index < -0.39 is 0 Å². The molecule has 0 aliphatic rings. The number of hydrogen-bond donors (Lipinski definition) is 1. The van der Waals surface area contributed by atoms with Gasteiger partial charge in [-0.2, -0.15) is 0 Å². The number of phenolic OH excluding ortho intramolecular Hbond substituents is 1. The van der Waals surface area contributed by atoms with E-state index in [2.05, 4.69) is 0 Å². The summed E-state index contributed by atoms with van der Waals surface area (Å²) in [4.78, 5) is 11.3. The molecule has 1 rings (SSSR count). The summed E-state index contributed by atoms with van der Waals surface area (Å²) in [6.07, 6.45) is -0.124. The van der Waals surface area contributed by atoms with E-state index >= 15 is 0 Å². The number of ether oxygens (including phenoxy) is 1. The summed E-state index contributed by atoms with van der Waals surface area (Å²) in [7, 11) is 0. The first-order chi connectivity index (χ1) is 6.09.